The van der Waals surface area contributed by atoms with E-state index in [1.54, 1.807) is 7.05 Å². The Hall–Kier alpha value is -0.480. The third-order valence-electron chi connectivity index (χ3n) is 0.945. The third kappa shape index (κ3) is 0.951. The lowest BCUT2D eigenvalue weighted by molar-refractivity contribution is 0.984. The van der Waals surface area contributed by atoms with E-state index in [9.17, 15) is 4.79 Å². The summed E-state index contributed by atoms with van der Waals surface area (Å²) in [5.74, 6) is 0. The van der Waals surface area contributed by atoms with Crippen LogP contribution in [0.3, 0.4) is 0 Å². The molecule has 9 heavy (non-hydrogen) atoms. The second-order valence-electron chi connectivity index (χ2n) is 1.58. The van der Waals surface area contributed by atoms with Gasteiger partial charge in [-0.1, -0.05) is 11.6 Å². The van der Waals surface area contributed by atoms with Gasteiger partial charge in [-0.2, -0.15) is 0 Å². The van der Waals surface area contributed by atoms with Crippen molar-refractivity contribution in [1.29, 1.82) is 0 Å². The van der Waals surface area contributed by atoms with Crippen molar-refractivity contribution >= 4 is 28.8 Å². The van der Waals surface area contributed by atoms with E-state index in [0.717, 1.165) is 11.5 Å². The number of nitrogens with zero attached hydrogens (tertiary/aromatic N) is 1. The lowest BCUT2D eigenvalue weighted by Gasteiger charge is -1.78. The van der Waals surface area contributed by atoms with E-state index in [1.165, 1.54) is 3.96 Å². The molecule has 0 amide bonds. The average Bonchev–Trinajstić information content (AvgIpc) is 1.98. The number of aromatic nitrogens is 1. The molecule has 1 aromatic rings. The molecule has 0 unspecified atom stereocenters. The molecule has 2 N–H and O–H groups in total. The second kappa shape index (κ2) is 2.04. The van der Waals surface area contributed by atoms with Crippen molar-refractivity contribution < 1.29 is 0 Å². The molecule has 0 atom stereocenters. The van der Waals surface area contributed by atoms with Crippen LogP contribution in [0, 0.1) is 0 Å². The largest absolute Gasteiger partial charge is 0.392 e. The molecular formula is C4H5ClN2OS. The minimum atomic E-state index is -0.218. The monoisotopic (exact) mass is 164 g/mol. The number of aryl methyl sites for hydroxylation is 1. The fraction of sp³-hybridized carbons (Fsp3) is 0.250. The van der Waals surface area contributed by atoms with Crippen molar-refractivity contribution in [3.8, 4) is 0 Å². The molecule has 0 saturated carbocycles. The van der Waals surface area contributed by atoms with Crippen LogP contribution in [0.2, 0.25) is 4.34 Å². The topological polar surface area (TPSA) is 48.0 Å². The first-order valence-electron chi connectivity index (χ1n) is 2.24. The standard InChI is InChI=1S/C4H5ClN2OS/c1-7-4(8)2(6)3(5)9-7/h6H2,1H3. The Kier molecular flexibility index (Phi) is 1.50. The van der Waals surface area contributed by atoms with Crippen LogP contribution in [0.15, 0.2) is 4.79 Å². The van der Waals surface area contributed by atoms with Gasteiger partial charge >= 0.3 is 0 Å². The molecule has 0 aliphatic rings. The van der Waals surface area contributed by atoms with E-state index >= 15 is 0 Å². The third-order valence-corrected chi connectivity index (χ3v) is 2.18. The van der Waals surface area contributed by atoms with Gasteiger partial charge in [0.2, 0.25) is 0 Å². The first-order valence-corrected chi connectivity index (χ1v) is 3.39. The van der Waals surface area contributed by atoms with Gasteiger partial charge in [0.15, 0.2) is 0 Å². The predicted octanol–water partition coefficient (Wildman–Crippen LogP) is 0.682. The summed E-state index contributed by atoms with van der Waals surface area (Å²) in [7, 11) is 1.62. The highest BCUT2D eigenvalue weighted by Crippen LogP contribution is 2.18. The van der Waals surface area contributed by atoms with E-state index in [-0.39, 0.29) is 11.2 Å². The van der Waals surface area contributed by atoms with Crippen LogP contribution in [0.25, 0.3) is 0 Å². The molecule has 1 rings (SSSR count). The fourth-order valence-electron chi connectivity index (χ4n) is 0.465. The number of hydrogen-bond acceptors (Lipinski definition) is 3. The van der Waals surface area contributed by atoms with Crippen LogP contribution in [0.5, 0.6) is 0 Å². The van der Waals surface area contributed by atoms with E-state index in [1.807, 2.05) is 0 Å². The van der Waals surface area contributed by atoms with Crippen LogP contribution >= 0.6 is 23.1 Å². The maximum absolute atomic E-state index is 10.8. The van der Waals surface area contributed by atoms with E-state index in [2.05, 4.69) is 0 Å². The molecule has 1 heterocycles. The maximum atomic E-state index is 10.8. The number of anilines is 1. The van der Waals surface area contributed by atoms with E-state index < -0.39 is 0 Å². The van der Waals surface area contributed by atoms with Gasteiger partial charge in [0.05, 0.1) is 0 Å². The zero-order valence-corrected chi connectivity index (χ0v) is 6.29. The normalized spacial score (nSPS) is 10.0. The molecule has 5 heteroatoms. The Morgan fingerprint density at radius 1 is 1.78 bits per heavy atom. The van der Waals surface area contributed by atoms with Gasteiger partial charge < -0.3 is 5.73 Å². The molecule has 0 fully saturated rings. The predicted molar refractivity (Wildman–Crippen MR) is 39.0 cm³/mol. The van der Waals surface area contributed by atoms with Crippen molar-refractivity contribution in [2.75, 3.05) is 5.73 Å². The number of nitrogen functional groups attached to an aromatic ring is 1. The SMILES string of the molecule is Cn1sc(Cl)c(N)c1=O. The molecule has 3 nitrogen and oxygen atoms in total. The van der Waals surface area contributed by atoms with Crippen LogP contribution in [-0.2, 0) is 7.05 Å². The Morgan fingerprint density at radius 2 is 2.33 bits per heavy atom. The second-order valence-corrected chi connectivity index (χ2v) is 3.32. The van der Waals surface area contributed by atoms with Crippen molar-refractivity contribution in [2.24, 2.45) is 7.05 Å². The highest BCUT2D eigenvalue weighted by molar-refractivity contribution is 7.11. The van der Waals surface area contributed by atoms with Gasteiger partial charge in [-0.05, 0) is 11.5 Å². The Balaban J connectivity index is 3.48. The fourth-order valence-corrected chi connectivity index (χ4v) is 1.46. The molecule has 0 bridgehead atoms. The van der Waals surface area contributed by atoms with Crippen LogP contribution < -0.4 is 11.3 Å². The number of hydrogen-bond donors (Lipinski definition) is 1. The summed E-state index contributed by atoms with van der Waals surface area (Å²) in [5, 5.41) is 0. The quantitative estimate of drug-likeness (QED) is 0.613. The van der Waals surface area contributed by atoms with Crippen molar-refractivity contribution in [3.63, 3.8) is 0 Å². The zero-order chi connectivity index (χ0) is 7.02. The van der Waals surface area contributed by atoms with Gasteiger partial charge in [0.1, 0.15) is 10.0 Å². The summed E-state index contributed by atoms with van der Waals surface area (Å²) < 4.78 is 1.75. The first-order chi connectivity index (χ1) is 4.13. The van der Waals surface area contributed by atoms with Gasteiger partial charge in [0.25, 0.3) is 5.56 Å². The van der Waals surface area contributed by atoms with Crippen LogP contribution in [0.4, 0.5) is 5.69 Å². The molecule has 0 aromatic carbocycles. The lowest BCUT2D eigenvalue weighted by Crippen LogP contribution is -2.11. The van der Waals surface area contributed by atoms with Gasteiger partial charge in [-0.15, -0.1) is 0 Å². The molecule has 0 aliphatic heterocycles. The highest BCUT2D eigenvalue weighted by Gasteiger charge is 2.04. The summed E-state index contributed by atoms with van der Waals surface area (Å²) in [6.45, 7) is 0. The summed E-state index contributed by atoms with van der Waals surface area (Å²) in [6.07, 6.45) is 0. The Labute approximate surface area is 60.8 Å². The van der Waals surface area contributed by atoms with Crippen molar-refractivity contribution in [3.05, 3.63) is 14.7 Å². The smallest absolute Gasteiger partial charge is 0.285 e. The van der Waals surface area contributed by atoms with Gasteiger partial charge in [0, 0.05) is 7.05 Å². The molecule has 1 aromatic heterocycles. The summed E-state index contributed by atoms with van der Waals surface area (Å²) in [4.78, 5) is 10.8. The number of rotatable bonds is 0. The zero-order valence-electron chi connectivity index (χ0n) is 4.72. The Bertz CT molecular complexity index is 277. The highest BCUT2D eigenvalue weighted by atomic mass is 35.5. The molecule has 0 radical (unpaired) electrons. The molecule has 0 aliphatic carbocycles. The van der Waals surface area contributed by atoms with Gasteiger partial charge in [-0.3, -0.25) is 8.75 Å². The summed E-state index contributed by atoms with van der Waals surface area (Å²) in [5.41, 5.74) is 5.17. The van der Waals surface area contributed by atoms with Crippen molar-refractivity contribution in [1.82, 2.24) is 3.96 Å². The molecule has 0 saturated heterocycles. The Morgan fingerprint density at radius 3 is 2.44 bits per heavy atom. The first kappa shape index (κ1) is 6.64. The summed E-state index contributed by atoms with van der Waals surface area (Å²) in [6, 6.07) is 0. The maximum Gasteiger partial charge on any atom is 0.285 e. The minimum Gasteiger partial charge on any atom is -0.392 e. The van der Waals surface area contributed by atoms with Gasteiger partial charge in [-0.25, -0.2) is 0 Å². The van der Waals surface area contributed by atoms with Crippen LogP contribution in [0.1, 0.15) is 0 Å². The molecule has 0 spiro atoms. The average molecular weight is 165 g/mol. The molecule has 50 valence electrons. The van der Waals surface area contributed by atoms with E-state index in [0.29, 0.717) is 4.34 Å². The minimum absolute atomic E-state index is 0.143. The summed E-state index contributed by atoms with van der Waals surface area (Å²) >= 11 is 6.65. The number of nitrogens with two attached hydrogens (primary N) is 1. The van der Waals surface area contributed by atoms with Crippen LogP contribution in [-0.4, -0.2) is 3.96 Å². The lowest BCUT2D eigenvalue weighted by atomic mass is 10.6. The molecular weight excluding hydrogens is 160 g/mol. The van der Waals surface area contributed by atoms with E-state index in [4.69, 9.17) is 17.3 Å². The van der Waals surface area contributed by atoms with Crippen molar-refractivity contribution in [2.45, 2.75) is 0 Å². The number of halogens is 1.